The van der Waals surface area contributed by atoms with E-state index in [0.29, 0.717) is 0 Å². The second-order valence-corrected chi connectivity index (χ2v) is 6.94. The van der Waals surface area contributed by atoms with Crippen molar-refractivity contribution >= 4 is 22.4 Å². The summed E-state index contributed by atoms with van der Waals surface area (Å²) in [5.74, 6) is 0. The van der Waals surface area contributed by atoms with Gasteiger partial charge in [-0.25, -0.2) is 0 Å². The molecular weight excluding hydrogens is 276 g/mol. The van der Waals surface area contributed by atoms with Crippen LogP contribution in [0, 0.1) is 0 Å². The van der Waals surface area contributed by atoms with E-state index >= 15 is 0 Å². The second kappa shape index (κ2) is 5.20. The lowest BCUT2D eigenvalue weighted by molar-refractivity contribution is 0.596. The average molecular weight is 295 g/mol. The molecule has 106 valence electrons. The van der Waals surface area contributed by atoms with Crippen LogP contribution in [-0.4, -0.2) is 0 Å². The molecule has 3 aromatic rings. The Morgan fingerprint density at radius 2 is 1.43 bits per heavy atom. The first kappa shape index (κ1) is 14.2. The van der Waals surface area contributed by atoms with Crippen molar-refractivity contribution in [2.24, 2.45) is 0 Å². The van der Waals surface area contributed by atoms with Gasteiger partial charge in [-0.3, -0.25) is 0 Å². The molecule has 3 rings (SSSR count). The first-order chi connectivity index (χ1) is 9.95. The zero-order valence-corrected chi connectivity index (χ0v) is 13.4. The van der Waals surface area contributed by atoms with Gasteiger partial charge in [0.2, 0.25) is 0 Å². The fourth-order valence-electron chi connectivity index (χ4n) is 2.74. The summed E-state index contributed by atoms with van der Waals surface area (Å²) in [5, 5.41) is 3.40. The first-order valence-corrected chi connectivity index (χ1v) is 7.62. The predicted molar refractivity (Wildman–Crippen MR) is 93.1 cm³/mol. The summed E-state index contributed by atoms with van der Waals surface area (Å²) in [5.41, 5.74) is 3.94. The van der Waals surface area contributed by atoms with E-state index in [1.807, 2.05) is 12.1 Å². The third-order valence-electron chi connectivity index (χ3n) is 3.85. The molecule has 3 aromatic carbocycles. The van der Waals surface area contributed by atoms with Crippen LogP contribution < -0.4 is 0 Å². The monoisotopic (exact) mass is 294 g/mol. The Morgan fingerprint density at radius 1 is 0.762 bits per heavy atom. The van der Waals surface area contributed by atoms with E-state index in [2.05, 4.69) is 69.3 Å². The number of hydrogen-bond acceptors (Lipinski definition) is 0. The highest BCUT2D eigenvalue weighted by molar-refractivity contribution is 6.30. The number of halogens is 1. The fourth-order valence-corrected chi connectivity index (χ4v) is 2.87. The van der Waals surface area contributed by atoms with Crippen LogP contribution in [-0.2, 0) is 5.41 Å². The average Bonchev–Trinajstić information content (AvgIpc) is 2.46. The van der Waals surface area contributed by atoms with Gasteiger partial charge in [0.15, 0.2) is 0 Å². The Balaban J connectivity index is 2.28. The number of fused-ring (bicyclic) bond motifs is 1. The summed E-state index contributed by atoms with van der Waals surface area (Å²) in [6.45, 7) is 6.79. The highest BCUT2D eigenvalue weighted by Gasteiger charge is 2.18. The van der Waals surface area contributed by atoms with Gasteiger partial charge in [0.25, 0.3) is 0 Å². The van der Waals surface area contributed by atoms with Crippen LogP contribution in [0.3, 0.4) is 0 Å². The molecule has 0 aliphatic rings. The summed E-state index contributed by atoms with van der Waals surface area (Å²) in [7, 11) is 0. The molecule has 0 amide bonds. The quantitative estimate of drug-likeness (QED) is 0.483. The molecule has 1 heteroatoms. The Hall–Kier alpha value is -1.79. The largest absolute Gasteiger partial charge is 0.0843 e. The summed E-state index contributed by atoms with van der Waals surface area (Å²) >= 11 is 6.00. The zero-order chi connectivity index (χ0) is 15.0. The van der Waals surface area contributed by atoms with Crippen LogP contribution in [0.25, 0.3) is 21.9 Å². The maximum absolute atomic E-state index is 6.00. The van der Waals surface area contributed by atoms with Gasteiger partial charge in [-0.05, 0) is 57.1 Å². The Bertz CT molecular complexity index is 777. The highest BCUT2D eigenvalue weighted by Crippen LogP contribution is 2.34. The standard InChI is InChI=1S/C20H19Cl/c1-20(2,3)19-13-16(14-8-10-17(21)11-9-14)12-15-6-4-5-7-18(15)19/h4-13H,1-3H3. The van der Waals surface area contributed by atoms with E-state index in [1.54, 1.807) is 0 Å². The minimum absolute atomic E-state index is 0.113. The fraction of sp³-hybridized carbons (Fsp3) is 0.200. The maximum atomic E-state index is 6.00. The van der Waals surface area contributed by atoms with Crippen LogP contribution in [0.2, 0.25) is 5.02 Å². The van der Waals surface area contributed by atoms with Crippen molar-refractivity contribution in [3.63, 3.8) is 0 Å². The summed E-state index contributed by atoms with van der Waals surface area (Å²) in [6.07, 6.45) is 0. The van der Waals surface area contributed by atoms with Crippen molar-refractivity contribution in [3.05, 3.63) is 71.2 Å². The number of benzene rings is 3. The van der Waals surface area contributed by atoms with E-state index in [9.17, 15) is 0 Å². The minimum atomic E-state index is 0.113. The van der Waals surface area contributed by atoms with Crippen LogP contribution in [0.1, 0.15) is 26.3 Å². The molecule has 0 atom stereocenters. The molecule has 0 nitrogen and oxygen atoms in total. The molecule has 0 fully saturated rings. The van der Waals surface area contributed by atoms with Crippen LogP contribution in [0.5, 0.6) is 0 Å². The van der Waals surface area contributed by atoms with Crippen LogP contribution in [0.4, 0.5) is 0 Å². The van der Waals surface area contributed by atoms with Gasteiger partial charge in [-0.1, -0.05) is 68.8 Å². The third kappa shape index (κ3) is 2.82. The Kier molecular flexibility index (Phi) is 3.51. The van der Waals surface area contributed by atoms with E-state index < -0.39 is 0 Å². The van der Waals surface area contributed by atoms with Crippen molar-refractivity contribution in [1.82, 2.24) is 0 Å². The third-order valence-corrected chi connectivity index (χ3v) is 4.10. The molecule has 21 heavy (non-hydrogen) atoms. The molecule has 0 spiro atoms. The van der Waals surface area contributed by atoms with Crippen molar-refractivity contribution in [3.8, 4) is 11.1 Å². The van der Waals surface area contributed by atoms with Crippen LogP contribution >= 0.6 is 11.6 Å². The van der Waals surface area contributed by atoms with E-state index in [1.165, 1.54) is 27.5 Å². The molecule has 0 unspecified atom stereocenters. The van der Waals surface area contributed by atoms with Gasteiger partial charge in [-0.2, -0.15) is 0 Å². The topological polar surface area (TPSA) is 0 Å². The Morgan fingerprint density at radius 3 is 2.10 bits per heavy atom. The number of rotatable bonds is 1. The summed E-state index contributed by atoms with van der Waals surface area (Å²) in [4.78, 5) is 0. The molecule has 0 aliphatic carbocycles. The minimum Gasteiger partial charge on any atom is -0.0843 e. The molecule has 0 heterocycles. The zero-order valence-electron chi connectivity index (χ0n) is 12.7. The van der Waals surface area contributed by atoms with E-state index in [4.69, 9.17) is 11.6 Å². The van der Waals surface area contributed by atoms with Gasteiger partial charge in [0, 0.05) is 5.02 Å². The second-order valence-electron chi connectivity index (χ2n) is 6.50. The SMILES string of the molecule is CC(C)(C)c1cc(-c2ccc(Cl)cc2)cc2ccccc12. The molecule has 0 bridgehead atoms. The van der Waals surface area contributed by atoms with Gasteiger partial charge in [-0.15, -0.1) is 0 Å². The maximum Gasteiger partial charge on any atom is 0.0406 e. The van der Waals surface area contributed by atoms with Gasteiger partial charge in [0.1, 0.15) is 0 Å². The van der Waals surface area contributed by atoms with Crippen molar-refractivity contribution in [1.29, 1.82) is 0 Å². The van der Waals surface area contributed by atoms with Crippen molar-refractivity contribution in [2.45, 2.75) is 26.2 Å². The van der Waals surface area contributed by atoms with Gasteiger partial charge in [0.05, 0.1) is 0 Å². The lowest BCUT2D eigenvalue weighted by Crippen LogP contribution is -2.11. The molecular formula is C20H19Cl. The number of hydrogen-bond donors (Lipinski definition) is 0. The highest BCUT2D eigenvalue weighted by atomic mass is 35.5. The molecule has 0 saturated carbocycles. The summed E-state index contributed by atoms with van der Waals surface area (Å²) in [6, 6.07) is 21.2. The van der Waals surface area contributed by atoms with Crippen LogP contribution in [0.15, 0.2) is 60.7 Å². The normalized spacial score (nSPS) is 11.8. The molecule has 0 aliphatic heterocycles. The molecule has 0 saturated heterocycles. The predicted octanol–water partition coefficient (Wildman–Crippen LogP) is 6.46. The van der Waals surface area contributed by atoms with Gasteiger partial charge >= 0.3 is 0 Å². The van der Waals surface area contributed by atoms with E-state index in [0.717, 1.165) is 5.02 Å². The first-order valence-electron chi connectivity index (χ1n) is 7.24. The van der Waals surface area contributed by atoms with Gasteiger partial charge < -0.3 is 0 Å². The lowest BCUT2D eigenvalue weighted by Gasteiger charge is -2.23. The molecule has 0 N–H and O–H groups in total. The molecule has 0 radical (unpaired) electrons. The van der Waals surface area contributed by atoms with E-state index in [-0.39, 0.29) is 5.41 Å². The molecule has 0 aromatic heterocycles. The Labute approximate surface area is 131 Å². The lowest BCUT2D eigenvalue weighted by atomic mass is 9.82. The summed E-state index contributed by atoms with van der Waals surface area (Å²) < 4.78 is 0. The smallest absolute Gasteiger partial charge is 0.0406 e. The van der Waals surface area contributed by atoms with Crippen molar-refractivity contribution in [2.75, 3.05) is 0 Å². The van der Waals surface area contributed by atoms with Crippen molar-refractivity contribution < 1.29 is 0 Å².